The topological polar surface area (TPSA) is 37.9 Å². The van der Waals surface area contributed by atoms with Crippen molar-refractivity contribution < 1.29 is 4.74 Å². The molecule has 1 N–H and O–H groups in total. The molecule has 1 aromatic heterocycles. The van der Waals surface area contributed by atoms with Gasteiger partial charge in [-0.15, -0.1) is 0 Å². The molecule has 15 heavy (non-hydrogen) atoms. The summed E-state index contributed by atoms with van der Waals surface area (Å²) in [4.78, 5) is 0. The van der Waals surface area contributed by atoms with Gasteiger partial charge in [0.05, 0.1) is 12.1 Å². The van der Waals surface area contributed by atoms with Gasteiger partial charge in [-0.05, 0) is 59.5 Å². The van der Waals surface area contributed by atoms with E-state index in [0.717, 1.165) is 32.9 Å². The Balaban J connectivity index is 1.86. The van der Waals surface area contributed by atoms with Crippen LogP contribution in [0.25, 0.3) is 10.9 Å². The Morgan fingerprint density at radius 2 is 2.33 bits per heavy atom. The highest BCUT2D eigenvalue weighted by Gasteiger charge is 2.21. The Morgan fingerprint density at radius 3 is 3.13 bits per heavy atom. The zero-order valence-corrected chi connectivity index (χ0v) is 10.3. The first-order chi connectivity index (χ1) is 7.33. The third kappa shape index (κ3) is 1.95. The van der Waals surface area contributed by atoms with Crippen molar-refractivity contribution in [2.24, 2.45) is 5.92 Å². The summed E-state index contributed by atoms with van der Waals surface area (Å²) >= 11 is 2.25. The minimum absolute atomic E-state index is 0.795. The predicted molar refractivity (Wildman–Crippen MR) is 67.0 cm³/mol. The first-order valence-corrected chi connectivity index (χ1v) is 6.17. The standard InChI is InChI=1S/C11H11IN2O/c12-11-9-5-8(15-6-7-1-2-7)3-4-10(9)13-14-11/h3-5,7H,1-2,6H2,(H,13,14). The highest BCUT2D eigenvalue weighted by Crippen LogP contribution is 2.30. The van der Waals surface area contributed by atoms with Crippen LogP contribution in [0.15, 0.2) is 18.2 Å². The minimum atomic E-state index is 0.795. The molecule has 1 saturated carbocycles. The average molecular weight is 314 g/mol. The van der Waals surface area contributed by atoms with Crippen LogP contribution in [-0.2, 0) is 0 Å². The fourth-order valence-electron chi connectivity index (χ4n) is 1.55. The monoisotopic (exact) mass is 314 g/mol. The second-order valence-electron chi connectivity index (χ2n) is 3.97. The van der Waals surface area contributed by atoms with Gasteiger partial charge in [0.15, 0.2) is 0 Å². The first-order valence-electron chi connectivity index (χ1n) is 5.09. The lowest BCUT2D eigenvalue weighted by atomic mass is 10.2. The Kier molecular flexibility index (Phi) is 2.31. The SMILES string of the molecule is Ic1[nH]nc2ccc(OCC3CC3)cc12. The number of benzene rings is 1. The van der Waals surface area contributed by atoms with E-state index in [9.17, 15) is 0 Å². The van der Waals surface area contributed by atoms with Gasteiger partial charge in [-0.1, -0.05) is 0 Å². The van der Waals surface area contributed by atoms with Crippen molar-refractivity contribution in [1.29, 1.82) is 0 Å². The van der Waals surface area contributed by atoms with E-state index < -0.39 is 0 Å². The van der Waals surface area contributed by atoms with Crippen LogP contribution in [0.5, 0.6) is 5.75 Å². The number of hydrogen-bond acceptors (Lipinski definition) is 2. The van der Waals surface area contributed by atoms with Gasteiger partial charge in [-0.3, -0.25) is 5.10 Å². The summed E-state index contributed by atoms with van der Waals surface area (Å²) in [6, 6.07) is 6.04. The summed E-state index contributed by atoms with van der Waals surface area (Å²) in [6.07, 6.45) is 2.65. The summed E-state index contributed by atoms with van der Waals surface area (Å²) in [5, 5.41) is 8.28. The maximum absolute atomic E-state index is 5.72. The Hall–Kier alpha value is -0.780. The van der Waals surface area contributed by atoms with E-state index in [2.05, 4.69) is 38.9 Å². The first kappa shape index (κ1) is 9.45. The van der Waals surface area contributed by atoms with Crippen LogP contribution in [0, 0.1) is 9.62 Å². The van der Waals surface area contributed by atoms with Gasteiger partial charge in [0.1, 0.15) is 9.45 Å². The predicted octanol–water partition coefficient (Wildman–Crippen LogP) is 2.96. The van der Waals surface area contributed by atoms with E-state index in [4.69, 9.17) is 4.74 Å². The number of nitrogens with one attached hydrogen (secondary N) is 1. The third-order valence-corrected chi connectivity index (χ3v) is 3.48. The molecule has 3 nitrogen and oxygen atoms in total. The van der Waals surface area contributed by atoms with Gasteiger partial charge in [0.2, 0.25) is 0 Å². The largest absolute Gasteiger partial charge is 0.493 e. The molecule has 0 bridgehead atoms. The van der Waals surface area contributed by atoms with Crippen LogP contribution in [0.4, 0.5) is 0 Å². The quantitative estimate of drug-likeness (QED) is 0.885. The van der Waals surface area contributed by atoms with Crippen molar-refractivity contribution >= 4 is 33.5 Å². The second-order valence-corrected chi connectivity index (χ2v) is 5.05. The summed E-state index contributed by atoms with van der Waals surface area (Å²) in [5.41, 5.74) is 0.998. The molecule has 1 heterocycles. The number of hydrogen-bond donors (Lipinski definition) is 1. The Bertz CT molecular complexity index is 490. The molecule has 0 radical (unpaired) electrons. The molecule has 1 aliphatic carbocycles. The second kappa shape index (κ2) is 3.66. The molecule has 1 aromatic carbocycles. The molecular formula is C11H11IN2O. The van der Waals surface area contributed by atoms with E-state index in [1.165, 1.54) is 12.8 Å². The average Bonchev–Trinajstić information content (AvgIpc) is 3.02. The smallest absolute Gasteiger partial charge is 0.120 e. The summed E-state index contributed by atoms with van der Waals surface area (Å²) < 4.78 is 6.79. The van der Waals surface area contributed by atoms with E-state index in [1.54, 1.807) is 0 Å². The fraction of sp³-hybridized carbons (Fsp3) is 0.364. The number of ether oxygens (including phenoxy) is 1. The minimum Gasteiger partial charge on any atom is -0.493 e. The van der Waals surface area contributed by atoms with Crippen molar-refractivity contribution in [2.45, 2.75) is 12.8 Å². The number of nitrogens with zero attached hydrogens (tertiary/aromatic N) is 1. The van der Waals surface area contributed by atoms with E-state index in [-0.39, 0.29) is 0 Å². The molecule has 1 aliphatic rings. The maximum atomic E-state index is 5.72. The molecule has 4 heteroatoms. The van der Waals surface area contributed by atoms with Crippen LogP contribution in [0.3, 0.4) is 0 Å². The van der Waals surface area contributed by atoms with E-state index >= 15 is 0 Å². The number of H-pyrrole nitrogens is 1. The fourth-order valence-corrected chi connectivity index (χ4v) is 2.10. The number of aromatic nitrogens is 2. The summed E-state index contributed by atoms with van der Waals surface area (Å²) in [6.45, 7) is 0.861. The number of rotatable bonds is 3. The van der Waals surface area contributed by atoms with E-state index in [1.807, 2.05) is 12.1 Å². The molecule has 0 aliphatic heterocycles. The van der Waals surface area contributed by atoms with Crippen LogP contribution in [0.2, 0.25) is 0 Å². The molecule has 2 aromatic rings. The normalized spacial score (nSPS) is 15.8. The Labute approximate surface area is 101 Å². The molecule has 0 unspecified atom stereocenters. The van der Waals surface area contributed by atoms with E-state index in [0.29, 0.717) is 0 Å². The zero-order chi connectivity index (χ0) is 10.3. The van der Waals surface area contributed by atoms with Gasteiger partial charge in [-0.2, -0.15) is 5.10 Å². The molecule has 0 atom stereocenters. The number of fused-ring (bicyclic) bond motifs is 1. The highest BCUT2D eigenvalue weighted by molar-refractivity contribution is 14.1. The molecule has 1 fully saturated rings. The van der Waals surface area contributed by atoms with Crippen molar-refractivity contribution in [2.75, 3.05) is 6.61 Å². The van der Waals surface area contributed by atoms with Gasteiger partial charge >= 0.3 is 0 Å². The lowest BCUT2D eigenvalue weighted by Crippen LogP contribution is -1.98. The van der Waals surface area contributed by atoms with Crippen molar-refractivity contribution in [3.63, 3.8) is 0 Å². The molecule has 3 rings (SSSR count). The highest BCUT2D eigenvalue weighted by atomic mass is 127. The molecular weight excluding hydrogens is 303 g/mol. The van der Waals surface area contributed by atoms with Crippen LogP contribution in [0.1, 0.15) is 12.8 Å². The molecule has 0 spiro atoms. The molecule has 0 saturated heterocycles. The van der Waals surface area contributed by atoms with Crippen molar-refractivity contribution in [1.82, 2.24) is 10.2 Å². The summed E-state index contributed by atoms with van der Waals surface area (Å²) in [7, 11) is 0. The Morgan fingerprint density at radius 1 is 1.47 bits per heavy atom. The van der Waals surface area contributed by atoms with Gasteiger partial charge in [0, 0.05) is 5.39 Å². The van der Waals surface area contributed by atoms with Gasteiger partial charge < -0.3 is 4.74 Å². The number of aromatic amines is 1. The van der Waals surface area contributed by atoms with Gasteiger partial charge in [0.25, 0.3) is 0 Å². The van der Waals surface area contributed by atoms with Crippen molar-refractivity contribution in [3.05, 3.63) is 21.9 Å². The maximum Gasteiger partial charge on any atom is 0.120 e. The zero-order valence-electron chi connectivity index (χ0n) is 8.16. The van der Waals surface area contributed by atoms with Crippen LogP contribution in [-0.4, -0.2) is 16.8 Å². The van der Waals surface area contributed by atoms with Crippen LogP contribution >= 0.6 is 22.6 Å². The van der Waals surface area contributed by atoms with Crippen LogP contribution < -0.4 is 4.74 Å². The molecule has 78 valence electrons. The lowest BCUT2D eigenvalue weighted by Gasteiger charge is -2.04. The summed E-state index contributed by atoms with van der Waals surface area (Å²) in [5.74, 6) is 1.75. The third-order valence-electron chi connectivity index (χ3n) is 2.66. The van der Waals surface area contributed by atoms with Gasteiger partial charge in [-0.25, -0.2) is 0 Å². The lowest BCUT2D eigenvalue weighted by molar-refractivity contribution is 0.300. The van der Waals surface area contributed by atoms with Crippen molar-refractivity contribution in [3.8, 4) is 5.75 Å². The molecule has 0 amide bonds. The number of halogens is 1.